The third-order valence-electron chi connectivity index (χ3n) is 5.42. The summed E-state index contributed by atoms with van der Waals surface area (Å²) < 4.78 is 29.0. The lowest BCUT2D eigenvalue weighted by molar-refractivity contribution is -0.128. The zero-order valence-electron chi connectivity index (χ0n) is 19.3. The highest BCUT2D eigenvalue weighted by atomic mass is 32.1. The van der Waals surface area contributed by atoms with Crippen molar-refractivity contribution in [2.24, 2.45) is 0 Å². The number of nitrogens with one attached hydrogen (secondary N) is 1. The molecule has 0 amide bonds. The number of aromatic nitrogens is 2. The fourth-order valence-corrected chi connectivity index (χ4v) is 6.69. The van der Waals surface area contributed by atoms with E-state index in [2.05, 4.69) is 15.3 Å². The topological polar surface area (TPSA) is 179 Å². The van der Waals surface area contributed by atoms with E-state index in [4.69, 9.17) is 4.74 Å². The van der Waals surface area contributed by atoms with Crippen molar-refractivity contribution in [1.82, 2.24) is 9.97 Å². The molecule has 194 valence electrons. The molecule has 11 nitrogen and oxygen atoms in total. The summed E-state index contributed by atoms with van der Waals surface area (Å²) >= 11 is 1.22. The minimum atomic E-state index is -5.25. The Morgan fingerprint density at radius 2 is 1.70 bits per heavy atom. The molecule has 2 aromatic carbocycles. The first-order valence-corrected chi connectivity index (χ1v) is 15.0. The van der Waals surface area contributed by atoms with Gasteiger partial charge in [0, 0.05) is 19.1 Å². The maximum absolute atomic E-state index is 13.0. The fourth-order valence-electron chi connectivity index (χ4n) is 3.78. The molecule has 1 unspecified atom stereocenters. The van der Waals surface area contributed by atoms with Crippen LogP contribution in [-0.4, -0.2) is 48.0 Å². The average Bonchev–Trinajstić information content (AvgIpc) is 3.31. The van der Waals surface area contributed by atoms with E-state index in [0.717, 1.165) is 5.56 Å². The van der Waals surface area contributed by atoms with Crippen LogP contribution in [-0.2, 0) is 25.1 Å². The molecule has 4 rings (SSSR count). The van der Waals surface area contributed by atoms with Crippen LogP contribution in [0.25, 0.3) is 21.6 Å². The van der Waals surface area contributed by atoms with Gasteiger partial charge < -0.3 is 29.6 Å². The quantitative estimate of drug-likeness (QED) is 0.177. The number of benzene rings is 2. The van der Waals surface area contributed by atoms with Crippen molar-refractivity contribution < 1.29 is 38.2 Å². The first-order chi connectivity index (χ1) is 17.5. The molecule has 2 heterocycles. The van der Waals surface area contributed by atoms with E-state index < -0.39 is 26.8 Å². The molecule has 0 saturated carbocycles. The van der Waals surface area contributed by atoms with Crippen molar-refractivity contribution in [3.8, 4) is 11.4 Å². The summed E-state index contributed by atoms with van der Waals surface area (Å²) in [4.78, 5) is 60.3. The second-order valence-corrected chi connectivity index (χ2v) is 12.8. The number of hydrogen-bond acceptors (Lipinski definition) is 8. The Kier molecular flexibility index (Phi) is 8.03. The number of rotatable bonds is 10. The molecule has 0 fully saturated rings. The van der Waals surface area contributed by atoms with E-state index in [9.17, 15) is 33.5 Å². The van der Waals surface area contributed by atoms with E-state index in [1.54, 1.807) is 35.7 Å². The van der Waals surface area contributed by atoms with Gasteiger partial charge in [0.15, 0.2) is 11.6 Å². The molecule has 2 aromatic heterocycles. The average molecular weight is 563 g/mol. The van der Waals surface area contributed by atoms with Crippen molar-refractivity contribution in [1.29, 1.82) is 0 Å². The monoisotopic (exact) mass is 563 g/mol. The minimum absolute atomic E-state index is 0.0616. The summed E-state index contributed by atoms with van der Waals surface area (Å²) in [6.45, 7) is 0. The summed E-state index contributed by atoms with van der Waals surface area (Å²) in [6, 6.07) is 17.6. The number of thiophene rings is 1. The summed E-state index contributed by atoms with van der Waals surface area (Å²) in [5.74, 6) is -0.148. The van der Waals surface area contributed by atoms with Gasteiger partial charge in [0.05, 0.1) is 5.39 Å². The van der Waals surface area contributed by atoms with E-state index in [-0.39, 0.29) is 23.8 Å². The molecule has 0 aliphatic carbocycles. The third-order valence-corrected chi connectivity index (χ3v) is 9.57. The van der Waals surface area contributed by atoms with Crippen LogP contribution in [0.1, 0.15) is 17.2 Å². The van der Waals surface area contributed by atoms with Crippen molar-refractivity contribution in [3.63, 3.8) is 0 Å². The first kappa shape index (κ1) is 27.3. The number of fused-ring (bicyclic) bond motifs is 1. The van der Waals surface area contributed by atoms with Crippen molar-refractivity contribution in [2.75, 3.05) is 12.4 Å². The van der Waals surface area contributed by atoms with E-state index in [0.29, 0.717) is 21.3 Å². The highest BCUT2D eigenvalue weighted by Gasteiger charge is 2.44. The Labute approximate surface area is 215 Å². The highest BCUT2D eigenvalue weighted by molar-refractivity contribution is 7.71. The summed E-state index contributed by atoms with van der Waals surface area (Å²) in [5.41, 5.74) is -0.578. The van der Waals surface area contributed by atoms with Gasteiger partial charge in [-0.25, -0.2) is 9.97 Å². The van der Waals surface area contributed by atoms with Gasteiger partial charge >= 0.3 is 15.2 Å². The second-order valence-electron chi connectivity index (χ2n) is 8.10. The van der Waals surface area contributed by atoms with E-state index in [1.807, 2.05) is 30.3 Å². The number of nitrogens with zero attached hydrogens (tertiary/aromatic N) is 2. The van der Waals surface area contributed by atoms with Gasteiger partial charge in [0.2, 0.25) is 5.52 Å². The molecule has 0 aliphatic rings. The largest absolute Gasteiger partial charge is 0.369 e. The van der Waals surface area contributed by atoms with Crippen LogP contribution in [0.5, 0.6) is 0 Å². The maximum Gasteiger partial charge on any atom is 0.360 e. The number of methoxy groups -OCH3 is 1. The zero-order chi connectivity index (χ0) is 26.8. The van der Waals surface area contributed by atoms with Crippen LogP contribution in [0.3, 0.4) is 0 Å². The lowest BCUT2D eigenvalue weighted by Crippen LogP contribution is -2.21. The molecule has 0 aliphatic heterocycles. The van der Waals surface area contributed by atoms with Gasteiger partial charge in [-0.1, -0.05) is 48.5 Å². The number of carbonyl (C=O) groups excluding carboxylic acids is 1. The lowest BCUT2D eigenvalue weighted by Gasteiger charge is -2.21. The Morgan fingerprint density at radius 1 is 1.00 bits per heavy atom. The first-order valence-electron chi connectivity index (χ1n) is 10.8. The van der Waals surface area contributed by atoms with E-state index >= 15 is 0 Å². The molecule has 0 spiro atoms. The number of carbonyl (C=O) groups is 1. The molecule has 1 atom stereocenters. The zero-order valence-corrected chi connectivity index (χ0v) is 21.9. The molecule has 5 N–H and O–H groups in total. The Bertz CT molecular complexity index is 1500. The Balaban J connectivity index is 1.67. The third kappa shape index (κ3) is 6.38. The molecular weight excluding hydrogens is 540 g/mol. The molecular formula is C23H23N3O8P2S. The molecule has 0 bridgehead atoms. The standard InChI is InChI=1S/C23H23N3O8P2S/c1-34-19(15-7-3-2-4-8-15)18(27)13-14-6-5-9-16(12-14)20-24-21(17-10-11-37-22(17)25-20)26-23(35(28,29)30)36(31,32)33/h2-12,19,23H,13H2,1H3,(H,24,25,26)(H2,28,29,30)(H2,31,32,33). The van der Waals surface area contributed by atoms with Crippen LogP contribution in [0.2, 0.25) is 0 Å². The number of hydrogen-bond donors (Lipinski definition) is 5. The normalized spacial score (nSPS) is 13.1. The van der Waals surface area contributed by atoms with E-state index in [1.165, 1.54) is 18.4 Å². The predicted octanol–water partition coefficient (Wildman–Crippen LogP) is 3.91. The van der Waals surface area contributed by atoms with Crippen LogP contribution in [0, 0.1) is 0 Å². The maximum atomic E-state index is 13.0. The van der Waals surface area contributed by atoms with Gasteiger partial charge in [-0.15, -0.1) is 11.3 Å². The summed E-state index contributed by atoms with van der Waals surface area (Å²) in [7, 11) is -9.04. The van der Waals surface area contributed by atoms with Gasteiger partial charge in [0.25, 0.3) is 0 Å². The molecule has 4 aromatic rings. The Morgan fingerprint density at radius 3 is 2.35 bits per heavy atom. The van der Waals surface area contributed by atoms with Gasteiger partial charge in [-0.3, -0.25) is 13.9 Å². The Hall–Kier alpha value is -2.79. The highest BCUT2D eigenvalue weighted by Crippen LogP contribution is 2.59. The van der Waals surface area contributed by atoms with Crippen molar-refractivity contribution >= 4 is 48.3 Å². The minimum Gasteiger partial charge on any atom is -0.369 e. The number of ether oxygens (including phenoxy) is 1. The van der Waals surface area contributed by atoms with Crippen LogP contribution in [0.4, 0.5) is 5.82 Å². The lowest BCUT2D eigenvalue weighted by atomic mass is 9.98. The fraction of sp³-hybridized carbons (Fsp3) is 0.174. The predicted molar refractivity (Wildman–Crippen MR) is 139 cm³/mol. The molecule has 0 saturated heterocycles. The second kappa shape index (κ2) is 10.9. The van der Waals surface area contributed by atoms with Crippen molar-refractivity contribution in [2.45, 2.75) is 18.0 Å². The number of ketones is 1. The number of Topliss-reactive ketones (excluding diaryl/α,β-unsaturated/α-hetero) is 1. The molecule has 0 radical (unpaired) electrons. The number of anilines is 1. The summed E-state index contributed by atoms with van der Waals surface area (Å²) in [6.07, 6.45) is -0.678. The molecule has 37 heavy (non-hydrogen) atoms. The SMILES string of the molecule is COC(C(=O)Cc1cccc(-c2nc(NC(P(=O)(O)O)P(=O)(O)O)c3ccsc3n2)c1)c1ccccc1. The van der Waals surface area contributed by atoms with Gasteiger partial charge in [-0.05, 0) is 28.6 Å². The van der Waals surface area contributed by atoms with Crippen molar-refractivity contribution in [3.05, 3.63) is 77.2 Å². The molecule has 14 heteroatoms. The van der Waals surface area contributed by atoms with Crippen LogP contribution >= 0.6 is 26.5 Å². The van der Waals surface area contributed by atoms with Crippen LogP contribution < -0.4 is 5.32 Å². The smallest absolute Gasteiger partial charge is 0.360 e. The summed E-state index contributed by atoms with van der Waals surface area (Å²) in [5, 5.41) is 4.26. The van der Waals surface area contributed by atoms with Gasteiger partial charge in [0.1, 0.15) is 16.8 Å². The van der Waals surface area contributed by atoms with Crippen LogP contribution in [0.15, 0.2) is 66.0 Å². The van der Waals surface area contributed by atoms with Gasteiger partial charge in [-0.2, -0.15) is 0 Å².